The fourth-order valence-electron chi connectivity index (χ4n) is 3.70. The van der Waals surface area contributed by atoms with Crippen LogP contribution in [0.15, 0.2) is 48.5 Å². The van der Waals surface area contributed by atoms with E-state index in [0.29, 0.717) is 17.4 Å². The number of methoxy groups -OCH3 is 1. The molecule has 1 aliphatic heterocycles. The Morgan fingerprint density at radius 1 is 1.11 bits per heavy atom. The summed E-state index contributed by atoms with van der Waals surface area (Å²) in [5.74, 6) is 0.771. The summed E-state index contributed by atoms with van der Waals surface area (Å²) in [5.41, 5.74) is 2.96. The van der Waals surface area contributed by atoms with E-state index in [2.05, 4.69) is 29.6 Å². The molecule has 0 radical (unpaired) electrons. The van der Waals surface area contributed by atoms with Gasteiger partial charge in [0.25, 0.3) is 0 Å². The Balaban J connectivity index is 1.48. The summed E-state index contributed by atoms with van der Waals surface area (Å²) in [7, 11) is 1.56. The maximum atomic E-state index is 12.5. The second kappa shape index (κ2) is 9.40. The van der Waals surface area contributed by atoms with Crippen LogP contribution in [0.3, 0.4) is 0 Å². The average molecular weight is 380 g/mol. The van der Waals surface area contributed by atoms with Crippen LogP contribution < -0.4 is 10.1 Å². The smallest absolute Gasteiger partial charge is 0.233 e. The van der Waals surface area contributed by atoms with E-state index < -0.39 is 0 Å². The Morgan fingerprint density at radius 2 is 1.82 bits per heavy atom. The van der Waals surface area contributed by atoms with Gasteiger partial charge in [0.2, 0.25) is 11.8 Å². The highest BCUT2D eigenvalue weighted by atomic mass is 16.5. The number of anilines is 1. The predicted octanol–water partition coefficient (Wildman–Crippen LogP) is 3.81. The van der Waals surface area contributed by atoms with Gasteiger partial charge in [-0.2, -0.15) is 0 Å². The zero-order valence-corrected chi connectivity index (χ0v) is 16.6. The number of hydrogen-bond donors (Lipinski definition) is 1. The quantitative estimate of drug-likeness (QED) is 0.775. The van der Waals surface area contributed by atoms with E-state index >= 15 is 0 Å². The van der Waals surface area contributed by atoms with Gasteiger partial charge >= 0.3 is 0 Å². The van der Waals surface area contributed by atoms with E-state index in [1.807, 2.05) is 36.1 Å². The van der Waals surface area contributed by atoms with E-state index in [1.54, 1.807) is 7.11 Å². The molecule has 2 amide bonds. The van der Waals surface area contributed by atoms with Crippen molar-refractivity contribution in [2.45, 2.75) is 32.6 Å². The number of likely N-dealkylation sites (tertiary alicyclic amines) is 1. The summed E-state index contributed by atoms with van der Waals surface area (Å²) in [6.45, 7) is 3.38. The Morgan fingerprint density at radius 3 is 2.50 bits per heavy atom. The second-order valence-corrected chi connectivity index (χ2v) is 7.44. The fraction of sp³-hybridized carbons (Fsp3) is 0.391. The molecule has 3 rings (SSSR count). The third-order valence-electron chi connectivity index (χ3n) is 5.28. The van der Waals surface area contributed by atoms with Crippen LogP contribution in [0, 0.1) is 12.8 Å². The number of nitrogens with one attached hydrogen (secondary N) is 1. The molecule has 2 aromatic rings. The maximum Gasteiger partial charge on any atom is 0.233 e. The molecule has 0 unspecified atom stereocenters. The lowest BCUT2D eigenvalue weighted by Crippen LogP contribution is -2.40. The van der Waals surface area contributed by atoms with Crippen LogP contribution in [0.5, 0.6) is 5.75 Å². The summed E-state index contributed by atoms with van der Waals surface area (Å²) < 4.78 is 5.27. The molecular formula is C23H28N2O3. The maximum absolute atomic E-state index is 12.5. The van der Waals surface area contributed by atoms with Crippen LogP contribution in [0.1, 0.15) is 30.4 Å². The van der Waals surface area contributed by atoms with Crippen LogP contribution in [-0.2, 0) is 16.0 Å². The minimum Gasteiger partial charge on any atom is -0.495 e. The van der Waals surface area contributed by atoms with Gasteiger partial charge in [0.15, 0.2) is 0 Å². The van der Waals surface area contributed by atoms with Crippen molar-refractivity contribution < 1.29 is 14.3 Å². The first-order chi connectivity index (χ1) is 13.5. The Labute approximate surface area is 166 Å². The third-order valence-corrected chi connectivity index (χ3v) is 5.28. The van der Waals surface area contributed by atoms with Crippen molar-refractivity contribution in [3.8, 4) is 5.75 Å². The van der Waals surface area contributed by atoms with Gasteiger partial charge in [-0.25, -0.2) is 0 Å². The minimum absolute atomic E-state index is 0.109. The lowest BCUT2D eigenvalue weighted by molar-refractivity contribution is -0.135. The number of hydrogen-bond acceptors (Lipinski definition) is 3. The number of amides is 2. The van der Waals surface area contributed by atoms with Crippen LogP contribution in [-0.4, -0.2) is 36.9 Å². The third kappa shape index (κ3) is 5.35. The molecule has 0 atom stereocenters. The van der Waals surface area contributed by atoms with E-state index in [0.717, 1.165) is 37.9 Å². The predicted molar refractivity (Wildman–Crippen MR) is 110 cm³/mol. The summed E-state index contributed by atoms with van der Waals surface area (Å²) in [6, 6.07) is 16.0. The lowest BCUT2D eigenvalue weighted by atomic mass is 9.90. The van der Waals surface area contributed by atoms with E-state index in [-0.39, 0.29) is 18.2 Å². The highest BCUT2D eigenvalue weighted by Gasteiger charge is 2.24. The molecule has 0 aromatic heterocycles. The monoisotopic (exact) mass is 380 g/mol. The SMILES string of the molecule is COc1ccc(C)cc1NC(=O)CC(=O)N1CCC(Cc2ccccc2)CC1. The molecule has 5 heteroatoms. The zero-order valence-electron chi connectivity index (χ0n) is 16.6. The van der Waals surface area contributed by atoms with Crippen molar-refractivity contribution in [1.29, 1.82) is 0 Å². The molecule has 1 saturated heterocycles. The molecule has 0 bridgehead atoms. The molecule has 148 valence electrons. The number of aryl methyl sites for hydroxylation is 1. The van der Waals surface area contributed by atoms with E-state index in [9.17, 15) is 9.59 Å². The van der Waals surface area contributed by atoms with Gasteiger partial charge < -0.3 is 15.0 Å². The first-order valence-electron chi connectivity index (χ1n) is 9.81. The van der Waals surface area contributed by atoms with Crippen LogP contribution in [0.2, 0.25) is 0 Å². The Hall–Kier alpha value is -2.82. The van der Waals surface area contributed by atoms with Crippen molar-refractivity contribution in [1.82, 2.24) is 4.90 Å². The molecule has 0 spiro atoms. The van der Waals surface area contributed by atoms with Gasteiger partial charge in [-0.15, -0.1) is 0 Å². The normalized spacial score (nSPS) is 14.6. The molecule has 5 nitrogen and oxygen atoms in total. The molecule has 1 N–H and O–H groups in total. The van der Waals surface area contributed by atoms with Gasteiger partial charge in [0.05, 0.1) is 12.8 Å². The molecule has 2 aromatic carbocycles. The topological polar surface area (TPSA) is 58.6 Å². The van der Waals surface area contributed by atoms with Crippen molar-refractivity contribution >= 4 is 17.5 Å². The van der Waals surface area contributed by atoms with E-state index in [4.69, 9.17) is 4.74 Å². The zero-order chi connectivity index (χ0) is 19.9. The minimum atomic E-state index is -0.305. The summed E-state index contributed by atoms with van der Waals surface area (Å²) in [4.78, 5) is 26.7. The Kier molecular flexibility index (Phi) is 6.69. The first kappa shape index (κ1) is 19.9. The fourth-order valence-corrected chi connectivity index (χ4v) is 3.70. The number of rotatable bonds is 6. The molecule has 0 saturated carbocycles. The van der Waals surface area contributed by atoms with Crippen molar-refractivity contribution in [2.24, 2.45) is 5.92 Å². The van der Waals surface area contributed by atoms with Gasteiger partial charge in [-0.3, -0.25) is 9.59 Å². The summed E-state index contributed by atoms with van der Waals surface area (Å²) >= 11 is 0. The van der Waals surface area contributed by atoms with Gasteiger partial charge in [-0.1, -0.05) is 36.4 Å². The number of piperidine rings is 1. The van der Waals surface area contributed by atoms with Crippen molar-refractivity contribution in [3.63, 3.8) is 0 Å². The van der Waals surface area contributed by atoms with Gasteiger partial charge in [-0.05, 0) is 55.4 Å². The number of benzene rings is 2. The largest absolute Gasteiger partial charge is 0.495 e. The van der Waals surface area contributed by atoms with Crippen molar-refractivity contribution in [2.75, 3.05) is 25.5 Å². The molecule has 28 heavy (non-hydrogen) atoms. The standard InChI is InChI=1S/C23H28N2O3/c1-17-8-9-21(28-2)20(14-17)24-22(26)16-23(27)25-12-10-19(11-13-25)15-18-6-4-3-5-7-18/h3-9,14,19H,10-13,15-16H2,1-2H3,(H,24,26). The Bertz CT molecular complexity index is 812. The number of ether oxygens (including phenoxy) is 1. The van der Waals surface area contributed by atoms with Gasteiger partial charge in [0.1, 0.15) is 12.2 Å². The van der Waals surface area contributed by atoms with E-state index in [1.165, 1.54) is 5.56 Å². The summed E-state index contributed by atoms with van der Waals surface area (Å²) in [6.07, 6.45) is 2.87. The summed E-state index contributed by atoms with van der Waals surface area (Å²) in [5, 5.41) is 2.80. The molecule has 1 aliphatic rings. The first-order valence-corrected chi connectivity index (χ1v) is 9.81. The molecule has 1 heterocycles. The van der Waals surface area contributed by atoms with Crippen LogP contribution >= 0.6 is 0 Å². The van der Waals surface area contributed by atoms with Crippen molar-refractivity contribution in [3.05, 3.63) is 59.7 Å². The number of carbonyl (C=O) groups excluding carboxylic acids is 2. The average Bonchev–Trinajstić information content (AvgIpc) is 2.69. The number of carbonyl (C=O) groups is 2. The highest BCUT2D eigenvalue weighted by Crippen LogP contribution is 2.26. The number of nitrogens with zero attached hydrogens (tertiary/aromatic N) is 1. The molecule has 0 aliphatic carbocycles. The van der Waals surface area contributed by atoms with Crippen LogP contribution in [0.4, 0.5) is 5.69 Å². The molecular weight excluding hydrogens is 352 g/mol. The van der Waals surface area contributed by atoms with Gasteiger partial charge in [0, 0.05) is 13.1 Å². The second-order valence-electron chi connectivity index (χ2n) is 7.44. The lowest BCUT2D eigenvalue weighted by Gasteiger charge is -2.32. The molecule has 1 fully saturated rings. The van der Waals surface area contributed by atoms with Crippen LogP contribution in [0.25, 0.3) is 0 Å². The highest BCUT2D eigenvalue weighted by molar-refractivity contribution is 6.04.